The van der Waals surface area contributed by atoms with E-state index in [1.165, 1.54) is 44.1 Å². The third-order valence-electron chi connectivity index (χ3n) is 6.37. The first-order valence-corrected chi connectivity index (χ1v) is 8.32. The van der Waals surface area contributed by atoms with Crippen LogP contribution in [0.2, 0.25) is 0 Å². The van der Waals surface area contributed by atoms with Crippen LogP contribution in [-0.4, -0.2) is 22.9 Å². The lowest BCUT2D eigenvalue weighted by Crippen LogP contribution is -2.56. The van der Waals surface area contributed by atoms with E-state index < -0.39 is 0 Å². The van der Waals surface area contributed by atoms with Crippen LogP contribution in [0.3, 0.4) is 0 Å². The van der Waals surface area contributed by atoms with Gasteiger partial charge < -0.3 is 5.32 Å². The van der Waals surface area contributed by atoms with Gasteiger partial charge >= 0.3 is 0 Å². The summed E-state index contributed by atoms with van der Waals surface area (Å²) in [5, 5.41) is 8.02. The SMILES string of the molecule is CNC(Cc1cnn(C)c1)C12CC3CC(CC(C3)C1)C2. The molecule has 5 rings (SSSR count). The van der Waals surface area contributed by atoms with E-state index in [0.29, 0.717) is 11.5 Å². The molecule has 3 nitrogen and oxygen atoms in total. The normalized spacial score (nSPS) is 40.2. The highest BCUT2D eigenvalue weighted by Gasteiger charge is 2.53. The third-order valence-corrected chi connectivity index (χ3v) is 6.37. The van der Waals surface area contributed by atoms with E-state index in [1.807, 2.05) is 17.9 Å². The van der Waals surface area contributed by atoms with E-state index in [1.54, 1.807) is 0 Å². The molecule has 1 heterocycles. The molecule has 4 bridgehead atoms. The van der Waals surface area contributed by atoms with E-state index >= 15 is 0 Å². The zero-order valence-corrected chi connectivity index (χ0v) is 12.8. The summed E-state index contributed by atoms with van der Waals surface area (Å²) in [5.41, 5.74) is 1.97. The minimum atomic E-state index is 0.583. The minimum absolute atomic E-state index is 0.583. The second kappa shape index (κ2) is 4.59. The summed E-state index contributed by atoms with van der Waals surface area (Å²) in [4.78, 5) is 0. The first-order valence-electron chi connectivity index (χ1n) is 8.32. The fourth-order valence-electron chi connectivity index (χ4n) is 6.04. The molecule has 1 N–H and O–H groups in total. The summed E-state index contributed by atoms with van der Waals surface area (Å²) in [6.07, 6.45) is 14.4. The van der Waals surface area contributed by atoms with Gasteiger partial charge in [0.1, 0.15) is 0 Å². The van der Waals surface area contributed by atoms with Gasteiger partial charge in [-0.15, -0.1) is 0 Å². The van der Waals surface area contributed by atoms with Crippen molar-refractivity contribution in [3.05, 3.63) is 18.0 Å². The Balaban J connectivity index is 1.57. The van der Waals surface area contributed by atoms with Gasteiger partial charge in [-0.05, 0) is 80.7 Å². The quantitative estimate of drug-likeness (QED) is 0.914. The summed E-state index contributed by atoms with van der Waals surface area (Å²) >= 11 is 0. The van der Waals surface area contributed by atoms with Crippen LogP contribution in [0.1, 0.15) is 44.1 Å². The predicted octanol–water partition coefficient (Wildman–Crippen LogP) is 2.77. The molecule has 0 spiro atoms. The molecule has 1 aromatic rings. The summed E-state index contributed by atoms with van der Waals surface area (Å²) in [6, 6.07) is 0.639. The van der Waals surface area contributed by atoms with E-state index in [4.69, 9.17) is 0 Å². The second-order valence-electron chi connectivity index (χ2n) is 7.85. The topological polar surface area (TPSA) is 29.9 Å². The average Bonchev–Trinajstić information content (AvgIpc) is 2.80. The van der Waals surface area contributed by atoms with Crippen LogP contribution in [-0.2, 0) is 13.5 Å². The van der Waals surface area contributed by atoms with Crippen LogP contribution in [0.4, 0.5) is 0 Å². The molecule has 1 aromatic heterocycles. The Kier molecular flexibility index (Phi) is 2.95. The molecule has 1 atom stereocenters. The van der Waals surface area contributed by atoms with E-state index in [2.05, 4.69) is 23.7 Å². The Hall–Kier alpha value is -0.830. The zero-order valence-electron chi connectivity index (χ0n) is 12.8. The van der Waals surface area contributed by atoms with E-state index in [-0.39, 0.29) is 0 Å². The number of rotatable bonds is 4. The van der Waals surface area contributed by atoms with Crippen LogP contribution in [0.25, 0.3) is 0 Å². The molecule has 20 heavy (non-hydrogen) atoms. The molecule has 3 heteroatoms. The van der Waals surface area contributed by atoms with Crippen molar-refractivity contribution in [2.45, 2.75) is 51.0 Å². The van der Waals surface area contributed by atoms with Gasteiger partial charge in [-0.3, -0.25) is 4.68 Å². The smallest absolute Gasteiger partial charge is 0.0522 e. The molecule has 0 radical (unpaired) electrons. The Morgan fingerprint density at radius 2 is 1.85 bits per heavy atom. The number of nitrogens with one attached hydrogen (secondary N) is 1. The van der Waals surface area contributed by atoms with Crippen LogP contribution < -0.4 is 5.32 Å². The molecular formula is C17H27N3. The zero-order chi connectivity index (χ0) is 13.7. The van der Waals surface area contributed by atoms with Gasteiger partial charge in [0.25, 0.3) is 0 Å². The maximum absolute atomic E-state index is 4.34. The highest BCUT2D eigenvalue weighted by Crippen LogP contribution is 2.61. The number of likely N-dealkylation sites (N-methyl/N-ethyl adjacent to an activating group) is 1. The first-order chi connectivity index (χ1) is 9.67. The van der Waals surface area contributed by atoms with Gasteiger partial charge in [0, 0.05) is 19.3 Å². The van der Waals surface area contributed by atoms with Crippen molar-refractivity contribution in [3.8, 4) is 0 Å². The lowest BCUT2D eigenvalue weighted by molar-refractivity contribution is -0.0724. The number of aromatic nitrogens is 2. The van der Waals surface area contributed by atoms with Crippen LogP contribution >= 0.6 is 0 Å². The van der Waals surface area contributed by atoms with Crippen molar-refractivity contribution in [3.63, 3.8) is 0 Å². The highest BCUT2D eigenvalue weighted by atomic mass is 15.2. The Bertz CT molecular complexity index is 455. The molecule has 0 amide bonds. The van der Waals surface area contributed by atoms with Gasteiger partial charge in [0.2, 0.25) is 0 Å². The van der Waals surface area contributed by atoms with E-state index in [9.17, 15) is 0 Å². The van der Waals surface area contributed by atoms with Crippen molar-refractivity contribution in [2.75, 3.05) is 7.05 Å². The number of hydrogen-bond donors (Lipinski definition) is 1. The Morgan fingerprint density at radius 3 is 2.30 bits per heavy atom. The van der Waals surface area contributed by atoms with Crippen LogP contribution in [0, 0.1) is 23.2 Å². The lowest BCUT2D eigenvalue weighted by Gasteiger charge is -2.59. The monoisotopic (exact) mass is 273 g/mol. The standard InChI is InChI=1S/C17H27N3/c1-18-16(6-15-10-19-20(2)11-15)17-7-12-3-13(8-17)5-14(4-12)9-17/h10-14,16,18H,3-9H2,1-2H3. The Labute approximate surface area is 122 Å². The van der Waals surface area contributed by atoms with Gasteiger partial charge in [0.05, 0.1) is 6.20 Å². The molecule has 4 aliphatic carbocycles. The highest BCUT2D eigenvalue weighted by molar-refractivity contribution is 5.12. The van der Waals surface area contributed by atoms with Gasteiger partial charge in [-0.2, -0.15) is 5.10 Å². The molecule has 4 saturated carbocycles. The molecule has 4 fully saturated rings. The van der Waals surface area contributed by atoms with Gasteiger partial charge in [-0.1, -0.05) is 0 Å². The number of hydrogen-bond acceptors (Lipinski definition) is 2. The Morgan fingerprint density at radius 1 is 1.25 bits per heavy atom. The summed E-state index contributed by atoms with van der Waals surface area (Å²) in [5.74, 6) is 3.10. The van der Waals surface area contributed by atoms with Crippen molar-refractivity contribution in [2.24, 2.45) is 30.2 Å². The largest absolute Gasteiger partial charge is 0.316 e. The molecule has 0 aromatic carbocycles. The van der Waals surface area contributed by atoms with Crippen molar-refractivity contribution in [1.29, 1.82) is 0 Å². The number of nitrogens with zero attached hydrogens (tertiary/aromatic N) is 2. The van der Waals surface area contributed by atoms with E-state index in [0.717, 1.165) is 24.2 Å². The lowest BCUT2D eigenvalue weighted by atomic mass is 9.47. The summed E-state index contributed by atoms with van der Waals surface area (Å²) in [6.45, 7) is 0. The first kappa shape index (κ1) is 12.9. The molecule has 0 saturated heterocycles. The average molecular weight is 273 g/mol. The van der Waals surface area contributed by atoms with Crippen molar-refractivity contribution >= 4 is 0 Å². The fourth-order valence-corrected chi connectivity index (χ4v) is 6.04. The molecule has 1 unspecified atom stereocenters. The summed E-state index contributed by atoms with van der Waals surface area (Å²) < 4.78 is 1.93. The fraction of sp³-hybridized carbons (Fsp3) is 0.824. The number of aryl methyl sites for hydroxylation is 1. The predicted molar refractivity (Wildman–Crippen MR) is 80.4 cm³/mol. The van der Waals surface area contributed by atoms with Crippen molar-refractivity contribution in [1.82, 2.24) is 15.1 Å². The molecule has 0 aliphatic heterocycles. The van der Waals surface area contributed by atoms with Crippen LogP contribution in [0.15, 0.2) is 12.4 Å². The second-order valence-corrected chi connectivity index (χ2v) is 7.85. The van der Waals surface area contributed by atoms with Gasteiger partial charge in [0.15, 0.2) is 0 Å². The van der Waals surface area contributed by atoms with Gasteiger partial charge in [-0.25, -0.2) is 0 Å². The molecular weight excluding hydrogens is 246 g/mol. The summed E-state index contributed by atoms with van der Waals surface area (Å²) in [7, 11) is 4.18. The van der Waals surface area contributed by atoms with Crippen LogP contribution in [0.5, 0.6) is 0 Å². The van der Waals surface area contributed by atoms with Crippen molar-refractivity contribution < 1.29 is 0 Å². The minimum Gasteiger partial charge on any atom is -0.316 e. The molecule has 4 aliphatic rings. The third kappa shape index (κ3) is 2.02. The molecule has 110 valence electrons. The maximum atomic E-state index is 4.34. The maximum Gasteiger partial charge on any atom is 0.0522 e.